The largest absolute Gasteiger partial charge is 0.390 e. The highest BCUT2D eigenvalue weighted by Crippen LogP contribution is 1.89. The minimum Gasteiger partial charge on any atom is -0.390 e. The van der Waals surface area contributed by atoms with E-state index < -0.39 is 0 Å². The number of nitrogens with one attached hydrogen (secondary N) is 1. The van der Waals surface area contributed by atoms with Crippen LogP contribution in [0.5, 0.6) is 0 Å². The summed E-state index contributed by atoms with van der Waals surface area (Å²) >= 11 is 0. The molecule has 0 bridgehead atoms. The Morgan fingerprint density at radius 1 is 1.60 bits per heavy atom. The van der Waals surface area contributed by atoms with Gasteiger partial charge >= 0.3 is 0 Å². The van der Waals surface area contributed by atoms with Crippen LogP contribution in [0.25, 0.3) is 0 Å². The van der Waals surface area contributed by atoms with Crippen molar-refractivity contribution in [3.8, 4) is 0 Å². The second-order valence-electron chi connectivity index (χ2n) is 3.72. The van der Waals surface area contributed by atoms with Crippen molar-refractivity contribution in [2.45, 2.75) is 12.5 Å². The number of hydrogen-bond acceptors (Lipinski definition) is 6. The standard InChI is InChI=1S/C9H18N4O2/c1-13(2)6-8(14)5-10-4-3-9-11-7-15-12-9/h7-8,10,14H,3-6H2,1-2H3. The van der Waals surface area contributed by atoms with E-state index in [0.29, 0.717) is 25.3 Å². The third-order valence-electron chi connectivity index (χ3n) is 1.89. The Balaban J connectivity index is 2.01. The molecule has 0 saturated carbocycles. The number of nitrogens with zero attached hydrogens (tertiary/aromatic N) is 3. The van der Waals surface area contributed by atoms with Gasteiger partial charge in [0.05, 0.1) is 6.10 Å². The highest BCUT2D eigenvalue weighted by atomic mass is 16.5. The van der Waals surface area contributed by atoms with Crippen LogP contribution in [0, 0.1) is 0 Å². The highest BCUT2D eigenvalue weighted by molar-refractivity contribution is 4.78. The molecule has 1 atom stereocenters. The third kappa shape index (κ3) is 5.46. The van der Waals surface area contributed by atoms with E-state index in [0.717, 1.165) is 6.54 Å². The number of rotatable bonds is 7. The van der Waals surface area contributed by atoms with Crippen molar-refractivity contribution in [3.05, 3.63) is 12.2 Å². The minimum atomic E-state index is -0.342. The normalized spacial score (nSPS) is 13.3. The molecule has 2 N–H and O–H groups in total. The molecule has 0 aliphatic heterocycles. The summed E-state index contributed by atoms with van der Waals surface area (Å²) in [6.07, 6.45) is 1.69. The zero-order chi connectivity index (χ0) is 11.1. The average Bonchev–Trinajstić information content (AvgIpc) is 2.63. The summed E-state index contributed by atoms with van der Waals surface area (Å²) in [7, 11) is 3.87. The van der Waals surface area contributed by atoms with Crippen molar-refractivity contribution >= 4 is 0 Å². The first-order valence-electron chi connectivity index (χ1n) is 4.97. The van der Waals surface area contributed by atoms with Crippen LogP contribution in [-0.4, -0.2) is 60.0 Å². The van der Waals surface area contributed by atoms with Crippen molar-refractivity contribution in [2.24, 2.45) is 0 Å². The lowest BCUT2D eigenvalue weighted by molar-refractivity contribution is 0.135. The first-order valence-corrected chi connectivity index (χ1v) is 4.97. The van der Waals surface area contributed by atoms with Gasteiger partial charge in [0, 0.05) is 26.1 Å². The van der Waals surface area contributed by atoms with E-state index in [1.807, 2.05) is 19.0 Å². The summed E-state index contributed by atoms with van der Waals surface area (Å²) in [4.78, 5) is 5.84. The van der Waals surface area contributed by atoms with Crippen LogP contribution in [-0.2, 0) is 6.42 Å². The van der Waals surface area contributed by atoms with E-state index in [2.05, 4.69) is 20.0 Å². The fourth-order valence-electron chi connectivity index (χ4n) is 1.26. The first-order chi connectivity index (χ1) is 7.18. The number of aliphatic hydroxyl groups excluding tert-OH is 1. The molecule has 6 heteroatoms. The second kappa shape index (κ2) is 6.49. The molecule has 0 aromatic carbocycles. The average molecular weight is 214 g/mol. The molecular formula is C9H18N4O2. The van der Waals surface area contributed by atoms with E-state index >= 15 is 0 Å². The molecule has 6 nitrogen and oxygen atoms in total. The van der Waals surface area contributed by atoms with E-state index in [-0.39, 0.29) is 6.10 Å². The second-order valence-corrected chi connectivity index (χ2v) is 3.72. The molecule has 0 amide bonds. The Kier molecular flexibility index (Phi) is 5.23. The lowest BCUT2D eigenvalue weighted by atomic mass is 10.3. The molecule has 0 spiro atoms. The molecule has 1 unspecified atom stereocenters. The molecule has 1 aromatic heterocycles. The fourth-order valence-corrected chi connectivity index (χ4v) is 1.26. The van der Waals surface area contributed by atoms with Crippen molar-refractivity contribution < 1.29 is 9.63 Å². The van der Waals surface area contributed by atoms with Crippen molar-refractivity contribution in [2.75, 3.05) is 33.7 Å². The van der Waals surface area contributed by atoms with Crippen LogP contribution in [0.1, 0.15) is 5.82 Å². The van der Waals surface area contributed by atoms with Gasteiger partial charge in [-0.1, -0.05) is 5.16 Å². The van der Waals surface area contributed by atoms with Crippen LogP contribution in [0.2, 0.25) is 0 Å². The van der Waals surface area contributed by atoms with Gasteiger partial charge in [-0.25, -0.2) is 0 Å². The Labute approximate surface area is 89.3 Å². The molecule has 0 radical (unpaired) electrons. The quantitative estimate of drug-likeness (QED) is 0.574. The third-order valence-corrected chi connectivity index (χ3v) is 1.89. The highest BCUT2D eigenvalue weighted by Gasteiger charge is 2.04. The van der Waals surface area contributed by atoms with Gasteiger partial charge in [-0.15, -0.1) is 0 Å². The van der Waals surface area contributed by atoms with Crippen LogP contribution in [0.3, 0.4) is 0 Å². The predicted octanol–water partition coefficient (Wildman–Crippen LogP) is -0.876. The van der Waals surface area contributed by atoms with Crippen molar-refractivity contribution in [1.82, 2.24) is 20.4 Å². The van der Waals surface area contributed by atoms with Gasteiger partial charge in [-0.2, -0.15) is 4.98 Å². The Bertz CT molecular complexity index is 251. The number of aromatic nitrogens is 2. The topological polar surface area (TPSA) is 74.4 Å². The molecule has 0 aliphatic carbocycles. The van der Waals surface area contributed by atoms with Crippen LogP contribution >= 0.6 is 0 Å². The smallest absolute Gasteiger partial charge is 0.213 e. The van der Waals surface area contributed by atoms with Gasteiger partial charge in [0.1, 0.15) is 0 Å². The summed E-state index contributed by atoms with van der Waals surface area (Å²) in [6, 6.07) is 0. The first kappa shape index (κ1) is 12.1. The van der Waals surface area contributed by atoms with Gasteiger partial charge in [-0.05, 0) is 14.1 Å². The summed E-state index contributed by atoms with van der Waals surface area (Å²) in [6.45, 7) is 1.98. The number of likely N-dealkylation sites (N-methyl/N-ethyl adjacent to an activating group) is 1. The molecule has 15 heavy (non-hydrogen) atoms. The van der Waals surface area contributed by atoms with E-state index in [4.69, 9.17) is 0 Å². The summed E-state index contributed by atoms with van der Waals surface area (Å²) in [5.74, 6) is 0.685. The monoisotopic (exact) mass is 214 g/mol. The lowest BCUT2D eigenvalue weighted by Crippen LogP contribution is -2.35. The molecule has 0 saturated heterocycles. The Morgan fingerprint density at radius 3 is 3.00 bits per heavy atom. The van der Waals surface area contributed by atoms with Gasteiger partial charge in [0.2, 0.25) is 6.39 Å². The van der Waals surface area contributed by atoms with Crippen LogP contribution < -0.4 is 5.32 Å². The van der Waals surface area contributed by atoms with Crippen LogP contribution in [0.15, 0.2) is 10.9 Å². The van der Waals surface area contributed by atoms with E-state index in [1.165, 1.54) is 6.39 Å². The predicted molar refractivity (Wildman–Crippen MR) is 55.4 cm³/mol. The van der Waals surface area contributed by atoms with Gasteiger partial charge in [-0.3, -0.25) is 0 Å². The van der Waals surface area contributed by atoms with E-state index in [1.54, 1.807) is 0 Å². The molecule has 86 valence electrons. The maximum Gasteiger partial charge on any atom is 0.213 e. The molecule has 0 aliphatic rings. The molecule has 1 rings (SSSR count). The number of aliphatic hydroxyl groups is 1. The van der Waals surface area contributed by atoms with Gasteiger partial charge in [0.25, 0.3) is 0 Å². The van der Waals surface area contributed by atoms with E-state index in [9.17, 15) is 5.11 Å². The fraction of sp³-hybridized carbons (Fsp3) is 0.778. The molecular weight excluding hydrogens is 196 g/mol. The maximum atomic E-state index is 9.52. The Hall–Kier alpha value is -0.980. The minimum absolute atomic E-state index is 0.342. The van der Waals surface area contributed by atoms with Gasteiger partial charge < -0.3 is 19.8 Å². The molecule has 0 fully saturated rings. The van der Waals surface area contributed by atoms with Crippen molar-refractivity contribution in [1.29, 1.82) is 0 Å². The van der Waals surface area contributed by atoms with Crippen molar-refractivity contribution in [3.63, 3.8) is 0 Å². The molecule has 1 aromatic rings. The zero-order valence-corrected chi connectivity index (χ0v) is 9.18. The van der Waals surface area contributed by atoms with Gasteiger partial charge in [0.15, 0.2) is 5.82 Å². The summed E-state index contributed by atoms with van der Waals surface area (Å²) in [5, 5.41) is 16.3. The maximum absolute atomic E-state index is 9.52. The SMILES string of the molecule is CN(C)CC(O)CNCCc1ncon1. The summed E-state index contributed by atoms with van der Waals surface area (Å²) in [5.41, 5.74) is 0. The number of hydrogen-bond donors (Lipinski definition) is 2. The summed E-state index contributed by atoms with van der Waals surface area (Å²) < 4.78 is 4.60. The molecule has 1 heterocycles. The zero-order valence-electron chi connectivity index (χ0n) is 9.18. The Morgan fingerprint density at radius 2 is 2.40 bits per heavy atom. The lowest BCUT2D eigenvalue weighted by Gasteiger charge is -2.15. The van der Waals surface area contributed by atoms with Crippen LogP contribution in [0.4, 0.5) is 0 Å².